The highest BCUT2D eigenvalue weighted by Gasteiger charge is 2.49. The molecule has 2 aromatic carbocycles. The Morgan fingerprint density at radius 3 is 2.42 bits per heavy atom. The van der Waals surface area contributed by atoms with Crippen molar-refractivity contribution in [3.63, 3.8) is 0 Å². The summed E-state index contributed by atoms with van der Waals surface area (Å²) >= 11 is 0. The summed E-state index contributed by atoms with van der Waals surface area (Å²) in [4.78, 5) is 60.9. The van der Waals surface area contributed by atoms with Crippen molar-refractivity contribution in [3.05, 3.63) is 76.3 Å². The fourth-order valence-corrected chi connectivity index (χ4v) is 3.96. The molecule has 0 aliphatic carbocycles. The van der Waals surface area contributed by atoms with Crippen LogP contribution in [0.25, 0.3) is 10.9 Å². The van der Waals surface area contributed by atoms with E-state index in [4.69, 9.17) is 0 Å². The first-order valence-electron chi connectivity index (χ1n) is 10.7. The Balaban J connectivity index is 1.55. The van der Waals surface area contributed by atoms with Crippen molar-refractivity contribution < 1.29 is 14.4 Å². The summed E-state index contributed by atoms with van der Waals surface area (Å²) < 4.78 is 0. The van der Waals surface area contributed by atoms with Gasteiger partial charge in [-0.2, -0.15) is 0 Å². The Morgan fingerprint density at radius 1 is 1.06 bits per heavy atom. The number of hydrogen-bond donors (Lipinski definition) is 2. The minimum absolute atomic E-state index is 0.0379. The molecule has 0 saturated carbocycles. The topological polar surface area (TPSA) is 115 Å². The van der Waals surface area contributed by atoms with Gasteiger partial charge in [-0.25, -0.2) is 9.78 Å². The zero-order chi connectivity index (χ0) is 23.8. The Labute approximate surface area is 190 Å². The van der Waals surface area contributed by atoms with E-state index in [1.54, 1.807) is 55.5 Å². The molecule has 0 radical (unpaired) electrons. The quantitative estimate of drug-likeness (QED) is 0.562. The van der Waals surface area contributed by atoms with Crippen LogP contribution in [0.4, 0.5) is 4.79 Å². The minimum Gasteiger partial charge on any atom is -0.331 e. The lowest BCUT2D eigenvalue weighted by Gasteiger charge is -2.28. The molecule has 1 aromatic heterocycles. The zero-order valence-corrected chi connectivity index (χ0v) is 18.7. The van der Waals surface area contributed by atoms with E-state index in [1.807, 2.05) is 19.9 Å². The first-order valence-corrected chi connectivity index (χ1v) is 10.7. The maximum absolute atomic E-state index is 13.2. The molecule has 4 rings (SSSR count). The maximum Gasteiger partial charge on any atom is 0.325 e. The Hall–Kier alpha value is -4.01. The number of hydrogen-bond acceptors (Lipinski definition) is 5. The van der Waals surface area contributed by atoms with E-state index in [9.17, 15) is 19.2 Å². The third-order valence-corrected chi connectivity index (χ3v) is 5.85. The van der Waals surface area contributed by atoms with Gasteiger partial charge in [0.1, 0.15) is 17.9 Å². The largest absolute Gasteiger partial charge is 0.331 e. The second-order valence-corrected chi connectivity index (χ2v) is 8.46. The molecule has 1 saturated heterocycles. The number of nitrogens with zero attached hydrogens (tertiary/aromatic N) is 3. The van der Waals surface area contributed by atoms with Crippen LogP contribution in [-0.2, 0) is 21.7 Å². The summed E-state index contributed by atoms with van der Waals surface area (Å²) in [5.74, 6) is -0.596. The van der Waals surface area contributed by atoms with E-state index >= 15 is 0 Å². The van der Waals surface area contributed by atoms with Crippen LogP contribution in [0.15, 0.2) is 59.4 Å². The van der Waals surface area contributed by atoms with Crippen molar-refractivity contribution in [1.82, 2.24) is 25.1 Å². The van der Waals surface area contributed by atoms with Gasteiger partial charge in [-0.05, 0) is 38.5 Å². The molecule has 170 valence electrons. The average molecular weight is 447 g/mol. The smallest absolute Gasteiger partial charge is 0.325 e. The number of rotatable bonds is 6. The van der Waals surface area contributed by atoms with Crippen LogP contribution >= 0.6 is 0 Å². The Kier molecular flexibility index (Phi) is 5.71. The molecule has 1 aliphatic rings. The van der Waals surface area contributed by atoms with Crippen molar-refractivity contribution >= 4 is 28.7 Å². The highest BCUT2D eigenvalue weighted by atomic mass is 16.2. The summed E-state index contributed by atoms with van der Waals surface area (Å²) in [5, 5.41) is 3.17. The number of imide groups is 1. The maximum atomic E-state index is 13.2. The highest BCUT2D eigenvalue weighted by Crippen LogP contribution is 2.28. The molecule has 33 heavy (non-hydrogen) atoms. The fraction of sp³-hybridized carbons (Fsp3) is 0.292. The average Bonchev–Trinajstić information content (AvgIpc) is 3.01. The van der Waals surface area contributed by atoms with Gasteiger partial charge in [0.05, 0.1) is 17.4 Å². The molecule has 1 fully saturated rings. The van der Waals surface area contributed by atoms with Gasteiger partial charge in [0.2, 0.25) is 5.91 Å². The number of benzene rings is 2. The number of nitrogens with one attached hydrogen (secondary N) is 2. The second-order valence-electron chi connectivity index (χ2n) is 8.46. The van der Waals surface area contributed by atoms with Gasteiger partial charge in [-0.1, -0.05) is 42.5 Å². The van der Waals surface area contributed by atoms with Crippen LogP contribution < -0.4 is 10.9 Å². The van der Waals surface area contributed by atoms with Gasteiger partial charge in [-0.3, -0.25) is 19.3 Å². The zero-order valence-electron chi connectivity index (χ0n) is 18.7. The van der Waals surface area contributed by atoms with Crippen molar-refractivity contribution in [1.29, 1.82) is 0 Å². The Bertz CT molecular complexity index is 1290. The van der Waals surface area contributed by atoms with E-state index in [2.05, 4.69) is 15.3 Å². The molecule has 0 bridgehead atoms. The number of amides is 4. The van der Waals surface area contributed by atoms with E-state index < -0.39 is 29.9 Å². The van der Waals surface area contributed by atoms with Crippen molar-refractivity contribution in [2.24, 2.45) is 0 Å². The molecule has 9 nitrogen and oxygen atoms in total. The van der Waals surface area contributed by atoms with Gasteiger partial charge < -0.3 is 15.2 Å². The van der Waals surface area contributed by atoms with Gasteiger partial charge in [0.25, 0.3) is 11.5 Å². The SMILES string of the molecule is CC(C)N(Cc1nc2ccccc2c(=O)[nH]1)C(=O)CN1C(=O)NC(C)(c2ccccc2)C1=O. The van der Waals surface area contributed by atoms with E-state index in [0.29, 0.717) is 22.3 Å². The molecule has 3 aromatic rings. The number of fused-ring (bicyclic) bond motifs is 1. The lowest BCUT2D eigenvalue weighted by atomic mass is 9.92. The van der Waals surface area contributed by atoms with Crippen LogP contribution in [0, 0.1) is 0 Å². The monoisotopic (exact) mass is 447 g/mol. The number of aromatic amines is 1. The Morgan fingerprint density at radius 2 is 1.73 bits per heavy atom. The van der Waals surface area contributed by atoms with Gasteiger partial charge in [-0.15, -0.1) is 0 Å². The lowest BCUT2D eigenvalue weighted by Crippen LogP contribution is -2.46. The standard InChI is InChI=1S/C24H25N5O4/c1-15(2)28(13-19-25-18-12-8-7-11-17(18)21(31)26-19)20(30)14-29-22(32)24(3,27-23(29)33)16-9-5-4-6-10-16/h4-12,15H,13-14H2,1-3H3,(H,27,33)(H,25,26,31). The van der Waals surface area contributed by atoms with Crippen LogP contribution in [0.5, 0.6) is 0 Å². The summed E-state index contributed by atoms with van der Waals surface area (Å²) in [6.07, 6.45) is 0. The third-order valence-electron chi connectivity index (χ3n) is 5.85. The number of urea groups is 1. The van der Waals surface area contributed by atoms with Crippen molar-refractivity contribution in [3.8, 4) is 0 Å². The third kappa shape index (κ3) is 4.09. The number of H-pyrrole nitrogens is 1. The molecular weight excluding hydrogens is 422 g/mol. The second kappa shape index (κ2) is 8.50. The van der Waals surface area contributed by atoms with E-state index in [-0.39, 0.29) is 18.1 Å². The lowest BCUT2D eigenvalue weighted by molar-refractivity contribution is -0.140. The van der Waals surface area contributed by atoms with E-state index in [1.165, 1.54) is 4.90 Å². The van der Waals surface area contributed by atoms with E-state index in [0.717, 1.165) is 4.90 Å². The molecule has 1 atom stereocenters. The van der Waals surface area contributed by atoms with Crippen LogP contribution in [0.2, 0.25) is 0 Å². The first kappa shape index (κ1) is 22.2. The fourth-order valence-electron chi connectivity index (χ4n) is 3.96. The molecule has 2 N–H and O–H groups in total. The number of carbonyl (C=O) groups excluding carboxylic acids is 3. The van der Waals surface area contributed by atoms with Crippen molar-refractivity contribution in [2.75, 3.05) is 6.54 Å². The van der Waals surface area contributed by atoms with Crippen molar-refractivity contribution in [2.45, 2.75) is 38.9 Å². The van der Waals surface area contributed by atoms with Gasteiger partial charge in [0.15, 0.2) is 0 Å². The van der Waals surface area contributed by atoms with Gasteiger partial charge in [0, 0.05) is 6.04 Å². The molecular formula is C24H25N5O4. The molecule has 9 heteroatoms. The molecule has 1 unspecified atom stereocenters. The molecule has 2 heterocycles. The number of para-hydroxylation sites is 1. The highest BCUT2D eigenvalue weighted by molar-refractivity contribution is 6.09. The predicted molar refractivity (Wildman–Crippen MR) is 122 cm³/mol. The summed E-state index contributed by atoms with van der Waals surface area (Å²) in [7, 11) is 0. The molecule has 0 spiro atoms. The minimum atomic E-state index is -1.24. The molecule has 1 aliphatic heterocycles. The first-order chi connectivity index (χ1) is 15.7. The van der Waals surface area contributed by atoms with Crippen LogP contribution in [-0.4, -0.2) is 50.2 Å². The van der Waals surface area contributed by atoms with Crippen LogP contribution in [0.1, 0.15) is 32.2 Å². The number of aromatic nitrogens is 2. The summed E-state index contributed by atoms with van der Waals surface area (Å²) in [6, 6.07) is 15.0. The summed E-state index contributed by atoms with van der Waals surface area (Å²) in [5.41, 5.74) is -0.372. The predicted octanol–water partition coefficient (Wildman–Crippen LogP) is 2.13. The molecule has 4 amide bonds. The normalized spacial score (nSPS) is 18.1. The summed E-state index contributed by atoms with van der Waals surface area (Å²) in [6.45, 7) is 4.88. The van der Waals surface area contributed by atoms with Gasteiger partial charge >= 0.3 is 6.03 Å². The van der Waals surface area contributed by atoms with Crippen LogP contribution in [0.3, 0.4) is 0 Å². The number of carbonyl (C=O) groups is 3.